The first-order valence-electron chi connectivity index (χ1n) is 6.76. The van der Waals surface area contributed by atoms with Crippen molar-refractivity contribution in [3.05, 3.63) is 27.2 Å². The molecule has 0 aliphatic rings. The van der Waals surface area contributed by atoms with Gasteiger partial charge in [-0.15, -0.1) is 0 Å². The van der Waals surface area contributed by atoms with Gasteiger partial charge in [-0.1, -0.05) is 0 Å². The van der Waals surface area contributed by atoms with E-state index in [9.17, 15) is 14.4 Å². The van der Waals surface area contributed by atoms with Gasteiger partial charge in [0.2, 0.25) is 5.91 Å². The predicted molar refractivity (Wildman–Crippen MR) is 79.7 cm³/mol. The first-order chi connectivity index (χ1) is 10.4. The van der Waals surface area contributed by atoms with E-state index < -0.39 is 11.2 Å². The van der Waals surface area contributed by atoms with Crippen molar-refractivity contribution >= 4 is 17.1 Å². The number of nitrogens with one attached hydrogen (secondary N) is 1. The molecule has 0 bridgehead atoms. The van der Waals surface area contributed by atoms with Crippen molar-refractivity contribution in [1.29, 1.82) is 0 Å². The highest BCUT2D eigenvalue weighted by atomic mass is 16.5. The predicted octanol–water partition coefficient (Wildman–Crippen LogP) is -1.42. The van der Waals surface area contributed by atoms with Gasteiger partial charge in [-0.2, -0.15) is 0 Å². The van der Waals surface area contributed by atoms with E-state index in [2.05, 4.69) is 10.3 Å². The van der Waals surface area contributed by atoms with E-state index in [-0.39, 0.29) is 29.7 Å². The Morgan fingerprint density at radius 1 is 1.36 bits per heavy atom. The van der Waals surface area contributed by atoms with Crippen molar-refractivity contribution < 1.29 is 9.53 Å². The van der Waals surface area contributed by atoms with Crippen LogP contribution in [0.4, 0.5) is 0 Å². The lowest BCUT2D eigenvalue weighted by molar-refractivity contribution is -0.122. The van der Waals surface area contributed by atoms with E-state index in [0.29, 0.717) is 6.61 Å². The fourth-order valence-electron chi connectivity index (χ4n) is 2.28. The lowest BCUT2D eigenvalue weighted by atomic mass is 10.3. The minimum atomic E-state index is -0.478. The molecule has 0 fully saturated rings. The van der Waals surface area contributed by atoms with Gasteiger partial charge in [-0.05, 0) is 6.92 Å². The number of nitrogens with zero attached hydrogens (tertiary/aromatic N) is 4. The van der Waals surface area contributed by atoms with Crippen molar-refractivity contribution in [2.75, 3.05) is 13.7 Å². The Morgan fingerprint density at radius 3 is 2.68 bits per heavy atom. The topological polar surface area (TPSA) is 100 Å². The number of carbonyl (C=O) groups is 1. The summed E-state index contributed by atoms with van der Waals surface area (Å²) in [5.74, 6) is -0.264. The van der Waals surface area contributed by atoms with E-state index in [1.165, 1.54) is 29.6 Å². The summed E-state index contributed by atoms with van der Waals surface area (Å²) in [5.41, 5.74) is -0.459. The number of aromatic nitrogens is 4. The molecule has 0 unspecified atom stereocenters. The molecule has 22 heavy (non-hydrogen) atoms. The fraction of sp³-hybridized carbons (Fsp3) is 0.538. The highest BCUT2D eigenvalue weighted by molar-refractivity contribution is 5.79. The summed E-state index contributed by atoms with van der Waals surface area (Å²) in [6.45, 7) is 2.15. The van der Waals surface area contributed by atoms with Gasteiger partial charge in [-0.25, -0.2) is 9.78 Å². The standard InChI is InChI=1S/C13H19N5O4/c1-8(6-22-4)15-9(19)5-18-7-14-11-10(18)12(20)17(3)13(21)16(11)2/h7-8H,5-6H2,1-4H3,(H,15,19)/t8-/m0/s1. The van der Waals surface area contributed by atoms with Crippen molar-refractivity contribution in [3.63, 3.8) is 0 Å². The molecular formula is C13H19N5O4. The molecule has 2 aromatic rings. The molecule has 0 spiro atoms. The van der Waals surface area contributed by atoms with Crippen molar-refractivity contribution in [2.45, 2.75) is 19.5 Å². The molecular weight excluding hydrogens is 290 g/mol. The summed E-state index contributed by atoms with van der Waals surface area (Å²) in [6, 6.07) is -0.139. The SMILES string of the molecule is COC[C@H](C)NC(=O)Cn1cnc2c1c(=O)n(C)c(=O)n2C. The van der Waals surface area contributed by atoms with Gasteiger partial charge >= 0.3 is 5.69 Å². The Kier molecular flexibility index (Phi) is 4.45. The highest BCUT2D eigenvalue weighted by Crippen LogP contribution is 2.05. The second-order valence-corrected chi connectivity index (χ2v) is 5.17. The third-order valence-corrected chi connectivity index (χ3v) is 3.36. The lowest BCUT2D eigenvalue weighted by Gasteiger charge is -2.13. The van der Waals surface area contributed by atoms with Crippen molar-refractivity contribution in [1.82, 2.24) is 24.0 Å². The molecule has 0 aliphatic carbocycles. The number of imidazole rings is 1. The molecule has 1 N–H and O–H groups in total. The third kappa shape index (κ3) is 2.80. The molecule has 1 atom stereocenters. The minimum absolute atomic E-state index is 0.0575. The summed E-state index contributed by atoms with van der Waals surface area (Å²) in [5, 5.41) is 2.75. The van der Waals surface area contributed by atoms with Gasteiger partial charge in [-0.3, -0.25) is 18.7 Å². The van der Waals surface area contributed by atoms with E-state index in [4.69, 9.17) is 4.74 Å². The quantitative estimate of drug-likeness (QED) is 0.731. The summed E-state index contributed by atoms with van der Waals surface area (Å²) in [4.78, 5) is 40.1. The molecule has 1 amide bonds. The fourth-order valence-corrected chi connectivity index (χ4v) is 2.28. The summed E-state index contributed by atoms with van der Waals surface area (Å²) in [6.07, 6.45) is 1.38. The van der Waals surface area contributed by atoms with Gasteiger partial charge < -0.3 is 14.6 Å². The molecule has 0 radical (unpaired) electrons. The molecule has 2 heterocycles. The van der Waals surface area contributed by atoms with Crippen LogP contribution in [0.25, 0.3) is 11.2 Å². The van der Waals surface area contributed by atoms with E-state index in [0.717, 1.165) is 4.57 Å². The van der Waals surface area contributed by atoms with Crippen LogP contribution in [0.5, 0.6) is 0 Å². The largest absolute Gasteiger partial charge is 0.383 e. The van der Waals surface area contributed by atoms with Crippen LogP contribution in [-0.4, -0.2) is 44.4 Å². The van der Waals surface area contributed by atoms with Crippen LogP contribution in [0.1, 0.15) is 6.92 Å². The Balaban J connectivity index is 2.36. The average molecular weight is 309 g/mol. The molecule has 9 heteroatoms. The van der Waals surface area contributed by atoms with Gasteiger partial charge in [0.1, 0.15) is 6.54 Å². The van der Waals surface area contributed by atoms with Crippen LogP contribution in [0, 0.1) is 0 Å². The number of ether oxygens (including phenoxy) is 1. The maximum absolute atomic E-state index is 12.2. The minimum Gasteiger partial charge on any atom is -0.383 e. The molecule has 0 saturated carbocycles. The molecule has 0 aromatic carbocycles. The smallest absolute Gasteiger partial charge is 0.332 e. The van der Waals surface area contributed by atoms with Crippen LogP contribution in [-0.2, 0) is 30.2 Å². The zero-order valence-electron chi connectivity index (χ0n) is 13.0. The second-order valence-electron chi connectivity index (χ2n) is 5.17. The van der Waals surface area contributed by atoms with Crippen LogP contribution < -0.4 is 16.6 Å². The molecule has 0 aliphatic heterocycles. The van der Waals surface area contributed by atoms with Gasteiger partial charge in [0.15, 0.2) is 11.2 Å². The second kappa shape index (κ2) is 6.14. The number of aryl methyl sites for hydroxylation is 1. The van der Waals surface area contributed by atoms with Crippen molar-refractivity contribution in [3.8, 4) is 0 Å². The first kappa shape index (κ1) is 16.0. The summed E-state index contributed by atoms with van der Waals surface area (Å²) in [7, 11) is 4.47. The lowest BCUT2D eigenvalue weighted by Crippen LogP contribution is -2.39. The highest BCUT2D eigenvalue weighted by Gasteiger charge is 2.16. The number of rotatable bonds is 5. The number of amides is 1. The number of fused-ring (bicyclic) bond motifs is 1. The Labute approximate surface area is 126 Å². The van der Waals surface area contributed by atoms with Crippen molar-refractivity contribution in [2.24, 2.45) is 14.1 Å². The summed E-state index contributed by atoms with van der Waals surface area (Å²) < 4.78 is 8.65. The van der Waals surface area contributed by atoms with Crippen LogP contribution >= 0.6 is 0 Å². The Bertz CT molecular complexity index is 816. The molecule has 2 rings (SSSR count). The summed E-state index contributed by atoms with van der Waals surface area (Å²) >= 11 is 0. The van der Waals surface area contributed by atoms with E-state index >= 15 is 0 Å². The van der Waals surface area contributed by atoms with Gasteiger partial charge in [0.05, 0.1) is 12.9 Å². The van der Waals surface area contributed by atoms with E-state index in [1.807, 2.05) is 6.92 Å². The average Bonchev–Trinajstić information content (AvgIpc) is 2.86. The maximum Gasteiger partial charge on any atom is 0.332 e. The maximum atomic E-state index is 12.2. The monoisotopic (exact) mass is 309 g/mol. The number of methoxy groups -OCH3 is 1. The van der Waals surface area contributed by atoms with Crippen LogP contribution in [0.15, 0.2) is 15.9 Å². The van der Waals surface area contributed by atoms with E-state index in [1.54, 1.807) is 7.11 Å². The number of carbonyl (C=O) groups excluding carboxylic acids is 1. The van der Waals surface area contributed by atoms with Gasteiger partial charge in [0, 0.05) is 27.2 Å². The third-order valence-electron chi connectivity index (χ3n) is 3.36. The molecule has 9 nitrogen and oxygen atoms in total. The number of hydrogen-bond donors (Lipinski definition) is 1. The molecule has 120 valence electrons. The zero-order chi connectivity index (χ0) is 16.4. The Hall–Kier alpha value is -2.42. The molecule has 0 saturated heterocycles. The zero-order valence-corrected chi connectivity index (χ0v) is 13.0. The molecule has 2 aromatic heterocycles. The van der Waals surface area contributed by atoms with Crippen LogP contribution in [0.3, 0.4) is 0 Å². The Morgan fingerprint density at radius 2 is 2.05 bits per heavy atom. The number of hydrogen-bond acceptors (Lipinski definition) is 5. The van der Waals surface area contributed by atoms with Gasteiger partial charge in [0.25, 0.3) is 5.56 Å². The first-order valence-corrected chi connectivity index (χ1v) is 6.76. The van der Waals surface area contributed by atoms with Crippen LogP contribution in [0.2, 0.25) is 0 Å². The normalized spacial score (nSPS) is 12.5.